The number of aliphatic hydroxyl groups excluding tert-OH is 1. The molecule has 1 aliphatic carbocycles. The molecule has 208 valence electrons. The van der Waals surface area contributed by atoms with Crippen molar-refractivity contribution in [1.29, 1.82) is 0 Å². The van der Waals surface area contributed by atoms with Gasteiger partial charge in [-0.2, -0.15) is 0 Å². The van der Waals surface area contributed by atoms with Crippen LogP contribution in [0.25, 0.3) is 0 Å². The van der Waals surface area contributed by atoms with Gasteiger partial charge in [-0.25, -0.2) is 23.1 Å². The number of anilines is 1. The lowest BCUT2D eigenvalue weighted by molar-refractivity contribution is 0.0195. The summed E-state index contributed by atoms with van der Waals surface area (Å²) in [5, 5.41) is 10.4. The third-order valence-corrected chi connectivity index (χ3v) is 8.43. The van der Waals surface area contributed by atoms with Gasteiger partial charge in [0.15, 0.2) is 0 Å². The molecule has 2 aromatic carbocycles. The molecule has 1 unspecified atom stereocenters. The number of sulfonamides is 1. The molecule has 1 saturated heterocycles. The number of carbonyl (C=O) groups excluding carboxylic acids is 1. The zero-order valence-electron chi connectivity index (χ0n) is 22.3. The third-order valence-electron chi connectivity index (χ3n) is 7.42. The molecule has 0 aromatic heterocycles. The maximum Gasteiger partial charge on any atom is 0.338 e. The first-order valence-electron chi connectivity index (χ1n) is 13.3. The molecule has 1 saturated carbocycles. The van der Waals surface area contributed by atoms with Gasteiger partial charge in [0.2, 0.25) is 10.0 Å². The number of nitrogens with zero attached hydrogens (tertiary/aromatic N) is 2. The summed E-state index contributed by atoms with van der Waals surface area (Å²) in [5.74, 6) is -0.353. The summed E-state index contributed by atoms with van der Waals surface area (Å²) in [6.45, 7) is 6.52. The van der Waals surface area contributed by atoms with E-state index in [1.54, 1.807) is 24.3 Å². The lowest BCUT2D eigenvalue weighted by atomic mass is 9.88. The molecule has 10 heteroatoms. The van der Waals surface area contributed by atoms with Gasteiger partial charge in [-0.3, -0.25) is 4.90 Å². The molecule has 1 heterocycles. The zero-order chi connectivity index (χ0) is 27.2. The molecule has 2 N–H and O–H groups in total. The summed E-state index contributed by atoms with van der Waals surface area (Å²) in [7, 11) is -3.56. The smallest absolute Gasteiger partial charge is 0.338 e. The minimum Gasteiger partial charge on any atom is -0.461 e. The van der Waals surface area contributed by atoms with Crippen molar-refractivity contribution in [2.45, 2.75) is 44.1 Å². The molecular formula is C28H39N3O6S. The molecule has 9 nitrogen and oxygen atoms in total. The van der Waals surface area contributed by atoms with E-state index in [2.05, 4.69) is 10.3 Å². The molecule has 1 aliphatic heterocycles. The molecule has 2 aromatic rings. The molecule has 1 atom stereocenters. The van der Waals surface area contributed by atoms with Gasteiger partial charge < -0.3 is 14.6 Å². The van der Waals surface area contributed by atoms with Crippen LogP contribution in [0.5, 0.6) is 0 Å². The van der Waals surface area contributed by atoms with Crippen molar-refractivity contribution in [1.82, 2.24) is 10.3 Å². The molecule has 0 radical (unpaired) electrons. The van der Waals surface area contributed by atoms with E-state index in [-0.39, 0.29) is 17.5 Å². The fraction of sp³-hybridized carbons (Fsp3) is 0.536. The second kappa shape index (κ2) is 12.6. The lowest BCUT2D eigenvalue weighted by Gasteiger charge is -2.26. The lowest BCUT2D eigenvalue weighted by Crippen LogP contribution is -2.43. The molecule has 2 fully saturated rings. The number of rotatable bonds is 13. The average Bonchev–Trinajstić information content (AvgIpc) is 3.73. The highest BCUT2D eigenvalue weighted by atomic mass is 32.2. The number of benzene rings is 2. The van der Waals surface area contributed by atoms with E-state index in [4.69, 9.17) is 9.47 Å². The summed E-state index contributed by atoms with van der Waals surface area (Å²) in [5.41, 5.74) is 5.85. The van der Waals surface area contributed by atoms with Gasteiger partial charge in [0, 0.05) is 31.6 Å². The maximum absolute atomic E-state index is 12.5. The summed E-state index contributed by atoms with van der Waals surface area (Å²) >= 11 is 0. The van der Waals surface area contributed by atoms with Gasteiger partial charge >= 0.3 is 5.97 Å². The van der Waals surface area contributed by atoms with Crippen molar-refractivity contribution in [2.24, 2.45) is 0 Å². The van der Waals surface area contributed by atoms with Gasteiger partial charge in [0.25, 0.3) is 0 Å². The van der Waals surface area contributed by atoms with Crippen LogP contribution < -0.4 is 9.84 Å². The van der Waals surface area contributed by atoms with Crippen molar-refractivity contribution in [2.75, 3.05) is 56.7 Å². The highest BCUT2D eigenvalue weighted by molar-refractivity contribution is 7.92. The largest absolute Gasteiger partial charge is 0.461 e. The first-order valence-corrected chi connectivity index (χ1v) is 15.2. The van der Waals surface area contributed by atoms with Crippen molar-refractivity contribution < 1.29 is 27.8 Å². The van der Waals surface area contributed by atoms with E-state index in [0.717, 1.165) is 43.3 Å². The molecule has 0 amide bonds. The van der Waals surface area contributed by atoms with Crippen LogP contribution >= 0.6 is 0 Å². The molecule has 4 rings (SSSR count). The minimum atomic E-state index is -3.56. The number of ether oxygens (including phenoxy) is 2. The summed E-state index contributed by atoms with van der Waals surface area (Å²) < 4.78 is 36.9. The Bertz CT molecular complexity index is 1160. The van der Waals surface area contributed by atoms with Gasteiger partial charge in [0.05, 0.1) is 36.8 Å². The Balaban J connectivity index is 1.28. The Morgan fingerprint density at radius 1 is 1.13 bits per heavy atom. The van der Waals surface area contributed by atoms with Crippen LogP contribution in [0.3, 0.4) is 0 Å². The quantitative estimate of drug-likeness (QED) is 0.292. The Morgan fingerprint density at radius 3 is 2.37 bits per heavy atom. The predicted octanol–water partition coefficient (Wildman–Crippen LogP) is 2.49. The molecule has 0 bridgehead atoms. The summed E-state index contributed by atoms with van der Waals surface area (Å²) in [6, 6.07) is 14.6. The monoisotopic (exact) mass is 545 g/mol. The normalized spacial score (nSPS) is 18.1. The topological polar surface area (TPSA) is 108 Å². The van der Waals surface area contributed by atoms with E-state index in [1.165, 1.54) is 4.41 Å². The standard InChI is InChI=1S/C28H39N3O6S/c1-3-26(32)28(13-14-28)24-8-10-25(11-9-24)31(38(2,34)35)29-15-12-22-4-6-23(7-5-22)27(33)37-21-18-30-16-19-36-20-17-30/h4-11,26,29,32H,3,12-21H2,1-2H3. The molecule has 2 aliphatic rings. The van der Waals surface area contributed by atoms with Crippen molar-refractivity contribution in [3.63, 3.8) is 0 Å². The van der Waals surface area contributed by atoms with Crippen LogP contribution in [-0.2, 0) is 31.3 Å². The van der Waals surface area contributed by atoms with Crippen molar-refractivity contribution in [3.8, 4) is 0 Å². The average molecular weight is 546 g/mol. The predicted molar refractivity (Wildman–Crippen MR) is 147 cm³/mol. The zero-order valence-corrected chi connectivity index (χ0v) is 23.1. The van der Waals surface area contributed by atoms with Gasteiger partial charge in [-0.1, -0.05) is 31.2 Å². The van der Waals surface area contributed by atoms with E-state index >= 15 is 0 Å². The highest BCUT2D eigenvalue weighted by Crippen LogP contribution is 2.52. The van der Waals surface area contributed by atoms with Crippen molar-refractivity contribution >= 4 is 21.7 Å². The number of hydrogen-bond donors (Lipinski definition) is 2. The van der Waals surface area contributed by atoms with E-state index in [9.17, 15) is 18.3 Å². The van der Waals surface area contributed by atoms with Crippen LogP contribution in [0.15, 0.2) is 48.5 Å². The number of morpholine rings is 1. The van der Waals surface area contributed by atoms with Gasteiger partial charge in [-0.15, -0.1) is 0 Å². The van der Waals surface area contributed by atoms with Crippen LogP contribution in [0.2, 0.25) is 0 Å². The Kier molecular flexibility index (Phi) is 9.43. The van der Waals surface area contributed by atoms with Crippen LogP contribution in [0.1, 0.15) is 47.7 Å². The molecule has 0 spiro atoms. The number of carbonyl (C=O) groups is 1. The number of aliphatic hydroxyl groups is 1. The van der Waals surface area contributed by atoms with Crippen LogP contribution in [0, 0.1) is 0 Å². The van der Waals surface area contributed by atoms with Gasteiger partial charge in [0.1, 0.15) is 6.61 Å². The summed E-state index contributed by atoms with van der Waals surface area (Å²) in [6.07, 6.45) is 3.93. The number of esters is 1. The molecular weight excluding hydrogens is 506 g/mol. The summed E-state index contributed by atoms with van der Waals surface area (Å²) in [4.78, 5) is 14.6. The Hall–Kier alpha value is -2.50. The third kappa shape index (κ3) is 7.12. The van der Waals surface area contributed by atoms with Crippen LogP contribution in [0.4, 0.5) is 5.69 Å². The van der Waals surface area contributed by atoms with E-state index in [0.29, 0.717) is 57.0 Å². The Morgan fingerprint density at radius 2 is 1.79 bits per heavy atom. The SMILES string of the molecule is CCC(O)C1(c2ccc(N(NCCc3ccc(C(=O)OCCN4CCOCC4)cc3)S(C)(=O)=O)cc2)CC1. The van der Waals surface area contributed by atoms with E-state index in [1.807, 2.05) is 31.2 Å². The Labute approximate surface area is 225 Å². The maximum atomic E-state index is 12.5. The van der Waals surface area contributed by atoms with Crippen LogP contribution in [-0.4, -0.2) is 82.8 Å². The number of nitrogens with one attached hydrogen (secondary N) is 1. The second-order valence-electron chi connectivity index (χ2n) is 10.1. The molecule has 38 heavy (non-hydrogen) atoms. The first kappa shape index (κ1) is 28.5. The highest BCUT2D eigenvalue weighted by Gasteiger charge is 2.49. The number of hydrogen-bond acceptors (Lipinski definition) is 8. The fourth-order valence-electron chi connectivity index (χ4n) is 4.95. The fourth-order valence-corrected chi connectivity index (χ4v) is 5.78. The van der Waals surface area contributed by atoms with Gasteiger partial charge in [-0.05, 0) is 61.1 Å². The van der Waals surface area contributed by atoms with Crippen molar-refractivity contribution in [3.05, 3.63) is 65.2 Å². The number of hydrazine groups is 1. The first-order chi connectivity index (χ1) is 18.2. The van der Waals surface area contributed by atoms with E-state index < -0.39 is 10.0 Å². The minimum absolute atomic E-state index is 0.196. The second-order valence-corrected chi connectivity index (χ2v) is 11.9.